The first-order valence-corrected chi connectivity index (χ1v) is 6.22. The number of benzene rings is 1. The Bertz CT molecular complexity index is 657. The number of rotatable bonds is 3. The lowest BCUT2D eigenvalue weighted by Crippen LogP contribution is -2.13. The van der Waals surface area contributed by atoms with E-state index in [0.717, 1.165) is 18.9 Å². The maximum atomic E-state index is 13.1. The van der Waals surface area contributed by atoms with Crippen LogP contribution in [0.15, 0.2) is 30.5 Å². The van der Waals surface area contributed by atoms with Crippen molar-refractivity contribution in [3.63, 3.8) is 0 Å². The summed E-state index contributed by atoms with van der Waals surface area (Å²) < 4.78 is 40.4. The molecule has 0 N–H and O–H groups in total. The fourth-order valence-corrected chi connectivity index (χ4v) is 2.32. The number of aromatic nitrogens is 2. The molecule has 0 unspecified atom stereocenters. The highest BCUT2D eigenvalue weighted by Crippen LogP contribution is 2.43. The van der Waals surface area contributed by atoms with E-state index in [0.29, 0.717) is 17.5 Å². The molecule has 0 radical (unpaired) electrons. The Morgan fingerprint density at radius 3 is 2.55 bits per heavy atom. The van der Waals surface area contributed by atoms with Gasteiger partial charge in [0.05, 0.1) is 28.7 Å². The lowest BCUT2D eigenvalue weighted by atomic mass is 10.1. The molecular weight excluding hydrogens is 269 g/mol. The van der Waals surface area contributed by atoms with Gasteiger partial charge in [-0.05, 0) is 25.0 Å². The van der Waals surface area contributed by atoms with Crippen molar-refractivity contribution in [2.24, 2.45) is 0 Å². The molecule has 0 spiro atoms. The zero-order valence-corrected chi connectivity index (χ0v) is 10.4. The van der Waals surface area contributed by atoms with Crippen LogP contribution in [0.1, 0.15) is 40.4 Å². The Balaban J connectivity index is 2.19. The molecule has 20 heavy (non-hydrogen) atoms. The number of hydrogen-bond acceptors (Lipinski definition) is 2. The van der Waals surface area contributed by atoms with Gasteiger partial charge in [-0.3, -0.25) is 4.79 Å². The van der Waals surface area contributed by atoms with Crippen LogP contribution >= 0.6 is 0 Å². The molecule has 1 saturated carbocycles. The third-order valence-electron chi connectivity index (χ3n) is 3.36. The van der Waals surface area contributed by atoms with Crippen molar-refractivity contribution in [1.82, 2.24) is 9.78 Å². The summed E-state index contributed by atoms with van der Waals surface area (Å²) in [5.74, 6) is 0.124. The summed E-state index contributed by atoms with van der Waals surface area (Å²) in [5, 5.41) is 3.98. The van der Waals surface area contributed by atoms with E-state index in [-0.39, 0.29) is 11.6 Å². The average molecular weight is 280 g/mol. The Morgan fingerprint density at radius 1 is 1.25 bits per heavy atom. The zero-order chi connectivity index (χ0) is 14.3. The third-order valence-corrected chi connectivity index (χ3v) is 3.36. The van der Waals surface area contributed by atoms with Crippen molar-refractivity contribution < 1.29 is 18.0 Å². The fourth-order valence-electron chi connectivity index (χ4n) is 2.32. The minimum Gasteiger partial charge on any atom is -0.298 e. The Morgan fingerprint density at radius 2 is 1.95 bits per heavy atom. The van der Waals surface area contributed by atoms with Gasteiger partial charge >= 0.3 is 6.18 Å². The molecule has 1 fully saturated rings. The van der Waals surface area contributed by atoms with Crippen LogP contribution in [-0.4, -0.2) is 16.1 Å². The molecule has 104 valence electrons. The van der Waals surface area contributed by atoms with Crippen LogP contribution in [0, 0.1) is 0 Å². The number of para-hydroxylation sites is 1. The predicted molar refractivity (Wildman–Crippen MR) is 65.9 cm³/mol. The van der Waals surface area contributed by atoms with Gasteiger partial charge in [-0.25, -0.2) is 4.68 Å². The number of carbonyl (C=O) groups is 1. The van der Waals surface area contributed by atoms with Gasteiger partial charge in [-0.1, -0.05) is 12.1 Å². The van der Waals surface area contributed by atoms with Crippen LogP contribution in [0.4, 0.5) is 13.2 Å². The predicted octanol–water partition coefficient (Wildman–Crippen LogP) is 3.58. The maximum Gasteiger partial charge on any atom is 0.418 e. The molecule has 1 aromatic carbocycles. The second kappa shape index (κ2) is 4.47. The molecule has 0 bridgehead atoms. The van der Waals surface area contributed by atoms with Crippen LogP contribution in [0.3, 0.4) is 0 Å². The molecule has 1 aromatic heterocycles. The SMILES string of the molecule is O=Cc1cnn(-c2ccccc2C(F)(F)F)c1C1CC1. The normalized spacial score (nSPS) is 15.3. The Kier molecular flexibility index (Phi) is 2.88. The van der Waals surface area contributed by atoms with E-state index < -0.39 is 11.7 Å². The van der Waals surface area contributed by atoms with E-state index in [1.165, 1.54) is 29.1 Å². The second-order valence-electron chi connectivity index (χ2n) is 4.80. The first kappa shape index (κ1) is 12.9. The molecule has 6 heteroatoms. The summed E-state index contributed by atoms with van der Waals surface area (Å²) >= 11 is 0. The molecule has 0 atom stereocenters. The third kappa shape index (κ3) is 2.11. The van der Waals surface area contributed by atoms with Gasteiger partial charge < -0.3 is 0 Å². The van der Waals surface area contributed by atoms with Crippen molar-refractivity contribution in [2.75, 3.05) is 0 Å². The van der Waals surface area contributed by atoms with E-state index >= 15 is 0 Å². The van der Waals surface area contributed by atoms with Crippen LogP contribution in [0.25, 0.3) is 5.69 Å². The lowest BCUT2D eigenvalue weighted by molar-refractivity contribution is -0.137. The van der Waals surface area contributed by atoms with Crippen molar-refractivity contribution in [2.45, 2.75) is 24.9 Å². The minimum absolute atomic E-state index is 0.0324. The second-order valence-corrected chi connectivity index (χ2v) is 4.80. The highest BCUT2D eigenvalue weighted by molar-refractivity contribution is 5.77. The van der Waals surface area contributed by atoms with Crippen LogP contribution < -0.4 is 0 Å². The first-order chi connectivity index (χ1) is 9.52. The van der Waals surface area contributed by atoms with Gasteiger partial charge in [0.15, 0.2) is 6.29 Å². The lowest BCUT2D eigenvalue weighted by Gasteiger charge is -2.14. The Hall–Kier alpha value is -2.11. The molecule has 0 aliphatic heterocycles. The molecule has 0 saturated heterocycles. The standard InChI is InChI=1S/C14H11F3N2O/c15-14(16,17)11-3-1-2-4-12(11)19-13(9-5-6-9)10(8-20)7-18-19/h1-4,7-9H,5-6H2. The van der Waals surface area contributed by atoms with E-state index in [2.05, 4.69) is 5.10 Å². The topological polar surface area (TPSA) is 34.9 Å². The van der Waals surface area contributed by atoms with Gasteiger partial charge in [-0.2, -0.15) is 18.3 Å². The van der Waals surface area contributed by atoms with Crippen LogP contribution in [0.2, 0.25) is 0 Å². The van der Waals surface area contributed by atoms with E-state index in [1.54, 1.807) is 0 Å². The molecule has 2 aromatic rings. The minimum atomic E-state index is -4.45. The Labute approximate surface area is 113 Å². The number of carbonyl (C=O) groups excluding carboxylic acids is 1. The summed E-state index contributed by atoms with van der Waals surface area (Å²) in [6, 6.07) is 5.27. The molecule has 3 rings (SSSR count). The van der Waals surface area contributed by atoms with Crippen molar-refractivity contribution in [3.8, 4) is 5.69 Å². The summed E-state index contributed by atoms with van der Waals surface area (Å²) in [4.78, 5) is 11.0. The number of alkyl halides is 3. The van der Waals surface area contributed by atoms with Gasteiger partial charge in [0.1, 0.15) is 0 Å². The van der Waals surface area contributed by atoms with E-state index in [4.69, 9.17) is 0 Å². The summed E-state index contributed by atoms with van der Waals surface area (Å²) in [6.45, 7) is 0. The smallest absolute Gasteiger partial charge is 0.298 e. The van der Waals surface area contributed by atoms with Crippen molar-refractivity contribution >= 4 is 6.29 Å². The monoisotopic (exact) mass is 280 g/mol. The number of halogens is 3. The van der Waals surface area contributed by atoms with Crippen LogP contribution in [0.5, 0.6) is 0 Å². The van der Waals surface area contributed by atoms with Gasteiger partial charge in [0.2, 0.25) is 0 Å². The van der Waals surface area contributed by atoms with Crippen LogP contribution in [-0.2, 0) is 6.18 Å². The molecule has 1 aliphatic carbocycles. The van der Waals surface area contributed by atoms with Gasteiger partial charge in [-0.15, -0.1) is 0 Å². The fraction of sp³-hybridized carbons (Fsp3) is 0.286. The highest BCUT2D eigenvalue weighted by Gasteiger charge is 2.36. The van der Waals surface area contributed by atoms with E-state index in [9.17, 15) is 18.0 Å². The zero-order valence-electron chi connectivity index (χ0n) is 10.4. The maximum absolute atomic E-state index is 13.1. The quantitative estimate of drug-likeness (QED) is 0.805. The molecular formula is C14H11F3N2O. The van der Waals surface area contributed by atoms with E-state index in [1.807, 2.05) is 0 Å². The van der Waals surface area contributed by atoms with Crippen molar-refractivity contribution in [1.29, 1.82) is 0 Å². The number of hydrogen-bond donors (Lipinski definition) is 0. The summed E-state index contributed by atoms with van der Waals surface area (Å²) in [6.07, 6.45) is -0.729. The number of aldehydes is 1. The molecule has 1 heterocycles. The highest BCUT2D eigenvalue weighted by atomic mass is 19.4. The average Bonchev–Trinajstić information content (AvgIpc) is 3.16. The first-order valence-electron chi connectivity index (χ1n) is 6.22. The largest absolute Gasteiger partial charge is 0.418 e. The van der Waals surface area contributed by atoms with Gasteiger partial charge in [0, 0.05) is 5.92 Å². The molecule has 0 amide bonds. The molecule has 3 nitrogen and oxygen atoms in total. The van der Waals surface area contributed by atoms with Crippen molar-refractivity contribution in [3.05, 3.63) is 47.3 Å². The summed E-state index contributed by atoms with van der Waals surface area (Å²) in [7, 11) is 0. The van der Waals surface area contributed by atoms with Gasteiger partial charge in [0.25, 0.3) is 0 Å². The summed E-state index contributed by atoms with van der Waals surface area (Å²) in [5.41, 5.74) is 0.165. The number of nitrogens with zero attached hydrogens (tertiary/aromatic N) is 2. The molecule has 1 aliphatic rings.